The normalized spacial score (nSPS) is 11.0. The minimum absolute atomic E-state index is 0.443. The van der Waals surface area contributed by atoms with Gasteiger partial charge >= 0.3 is 0 Å². The van der Waals surface area contributed by atoms with Crippen molar-refractivity contribution in [3.8, 4) is 22.8 Å². The molecule has 0 spiro atoms. The Morgan fingerprint density at radius 2 is 1.73 bits per heavy atom. The Bertz CT molecular complexity index is 1340. The fourth-order valence-corrected chi connectivity index (χ4v) is 3.30. The summed E-state index contributed by atoms with van der Waals surface area (Å²) in [6.07, 6.45) is 5.25. The largest absolute Gasteiger partial charge is 0.497 e. The quantitative estimate of drug-likeness (QED) is 0.477. The van der Waals surface area contributed by atoms with Crippen molar-refractivity contribution in [1.29, 1.82) is 0 Å². The lowest BCUT2D eigenvalue weighted by atomic mass is 10.1. The molecule has 8 nitrogen and oxygen atoms in total. The van der Waals surface area contributed by atoms with Gasteiger partial charge in [-0.1, -0.05) is 18.2 Å². The monoisotopic (exact) mass is 398 g/mol. The summed E-state index contributed by atoms with van der Waals surface area (Å²) in [5.74, 6) is 1.79. The third kappa shape index (κ3) is 3.24. The molecular weight excluding hydrogens is 380 g/mol. The van der Waals surface area contributed by atoms with Crippen LogP contribution in [0.5, 0.6) is 11.5 Å². The number of rotatable bonds is 5. The summed E-state index contributed by atoms with van der Waals surface area (Å²) in [4.78, 5) is 13.6. The molecule has 0 aliphatic carbocycles. The summed E-state index contributed by atoms with van der Waals surface area (Å²) < 4.78 is 12.3. The molecular formula is C22H18N6O2. The Labute approximate surface area is 172 Å². The second kappa shape index (κ2) is 7.32. The SMILES string of the molecule is COc1cc(Nc2nc3c(-c4ccc5cccnc5c4)nccn3n2)cc(OC)c1. The van der Waals surface area contributed by atoms with Crippen LogP contribution < -0.4 is 14.8 Å². The van der Waals surface area contributed by atoms with Gasteiger partial charge in [0.05, 0.1) is 19.7 Å². The van der Waals surface area contributed by atoms with Crippen molar-refractivity contribution in [1.82, 2.24) is 24.6 Å². The van der Waals surface area contributed by atoms with E-state index in [9.17, 15) is 0 Å². The smallest absolute Gasteiger partial charge is 0.247 e. The predicted octanol–water partition coefficient (Wildman–Crippen LogP) is 4.10. The van der Waals surface area contributed by atoms with Gasteiger partial charge in [-0.3, -0.25) is 9.97 Å². The molecule has 3 heterocycles. The van der Waals surface area contributed by atoms with Crippen molar-refractivity contribution in [3.63, 3.8) is 0 Å². The van der Waals surface area contributed by atoms with Crippen LogP contribution in [0, 0.1) is 0 Å². The number of benzene rings is 2. The highest BCUT2D eigenvalue weighted by Gasteiger charge is 2.13. The van der Waals surface area contributed by atoms with E-state index in [1.165, 1.54) is 0 Å². The molecule has 0 atom stereocenters. The van der Waals surface area contributed by atoms with Gasteiger partial charge in [0.2, 0.25) is 5.95 Å². The van der Waals surface area contributed by atoms with E-state index in [0.717, 1.165) is 27.8 Å². The first-order valence-electron chi connectivity index (χ1n) is 9.30. The van der Waals surface area contributed by atoms with E-state index in [4.69, 9.17) is 9.47 Å². The number of ether oxygens (including phenoxy) is 2. The fraction of sp³-hybridized carbons (Fsp3) is 0.0909. The van der Waals surface area contributed by atoms with E-state index in [-0.39, 0.29) is 0 Å². The molecule has 0 amide bonds. The number of aromatic nitrogens is 5. The molecule has 0 unspecified atom stereocenters. The maximum Gasteiger partial charge on any atom is 0.247 e. The van der Waals surface area contributed by atoms with Crippen LogP contribution in [-0.4, -0.2) is 38.8 Å². The van der Waals surface area contributed by atoms with E-state index in [2.05, 4.69) is 25.4 Å². The lowest BCUT2D eigenvalue weighted by molar-refractivity contribution is 0.395. The van der Waals surface area contributed by atoms with Crippen molar-refractivity contribution in [2.75, 3.05) is 19.5 Å². The molecule has 0 radical (unpaired) electrons. The minimum Gasteiger partial charge on any atom is -0.497 e. The molecule has 30 heavy (non-hydrogen) atoms. The first-order chi connectivity index (χ1) is 14.7. The van der Waals surface area contributed by atoms with Gasteiger partial charge in [0, 0.05) is 53.4 Å². The summed E-state index contributed by atoms with van der Waals surface area (Å²) in [6.45, 7) is 0. The van der Waals surface area contributed by atoms with Gasteiger partial charge in [-0.2, -0.15) is 4.98 Å². The van der Waals surface area contributed by atoms with Crippen molar-refractivity contribution in [2.24, 2.45) is 0 Å². The average molecular weight is 398 g/mol. The second-order valence-corrected chi connectivity index (χ2v) is 6.62. The molecule has 148 valence electrons. The van der Waals surface area contributed by atoms with E-state index in [0.29, 0.717) is 23.1 Å². The molecule has 0 aliphatic heterocycles. The fourth-order valence-electron chi connectivity index (χ4n) is 3.30. The standard InChI is InChI=1S/C22H18N6O2/c1-29-17-11-16(12-18(13-17)30-2)25-22-26-21-20(24-8-9-28(21)27-22)15-6-5-14-4-3-7-23-19(14)10-15/h3-13H,1-2H3,(H,25,27). The van der Waals surface area contributed by atoms with Crippen LogP contribution in [0.25, 0.3) is 27.8 Å². The molecule has 0 aliphatic rings. The maximum atomic E-state index is 5.32. The summed E-state index contributed by atoms with van der Waals surface area (Å²) >= 11 is 0. The molecule has 5 aromatic rings. The molecule has 1 N–H and O–H groups in total. The van der Waals surface area contributed by atoms with Gasteiger partial charge in [-0.05, 0) is 12.1 Å². The van der Waals surface area contributed by atoms with Crippen molar-refractivity contribution in [2.45, 2.75) is 0 Å². The average Bonchev–Trinajstić information content (AvgIpc) is 3.20. The van der Waals surface area contributed by atoms with E-state index in [1.54, 1.807) is 43.4 Å². The summed E-state index contributed by atoms with van der Waals surface area (Å²) in [5.41, 5.74) is 3.96. The van der Waals surface area contributed by atoms with Crippen LogP contribution in [0.15, 0.2) is 67.1 Å². The minimum atomic E-state index is 0.443. The number of fused-ring (bicyclic) bond motifs is 2. The van der Waals surface area contributed by atoms with Crippen molar-refractivity contribution >= 4 is 28.2 Å². The molecule has 0 bridgehead atoms. The number of anilines is 2. The highest BCUT2D eigenvalue weighted by molar-refractivity contribution is 5.86. The summed E-state index contributed by atoms with van der Waals surface area (Å²) in [7, 11) is 3.22. The Kier molecular flexibility index (Phi) is 4.36. The van der Waals surface area contributed by atoms with Crippen molar-refractivity contribution < 1.29 is 9.47 Å². The summed E-state index contributed by atoms with van der Waals surface area (Å²) in [6, 6.07) is 15.5. The van der Waals surface area contributed by atoms with Crippen LogP contribution in [0.1, 0.15) is 0 Å². The number of methoxy groups -OCH3 is 2. The lowest BCUT2D eigenvalue weighted by Crippen LogP contribution is -1.95. The first kappa shape index (κ1) is 17.9. The van der Waals surface area contributed by atoms with Crippen LogP contribution >= 0.6 is 0 Å². The molecule has 0 saturated carbocycles. The van der Waals surface area contributed by atoms with Crippen LogP contribution in [0.2, 0.25) is 0 Å². The van der Waals surface area contributed by atoms with E-state index < -0.39 is 0 Å². The van der Waals surface area contributed by atoms with Gasteiger partial charge in [0.1, 0.15) is 17.2 Å². The van der Waals surface area contributed by atoms with Gasteiger partial charge in [0.15, 0.2) is 5.65 Å². The number of hydrogen-bond donors (Lipinski definition) is 1. The van der Waals surface area contributed by atoms with E-state index >= 15 is 0 Å². The number of nitrogens with zero attached hydrogens (tertiary/aromatic N) is 5. The zero-order valence-electron chi connectivity index (χ0n) is 16.4. The predicted molar refractivity (Wildman–Crippen MR) is 114 cm³/mol. The van der Waals surface area contributed by atoms with Gasteiger partial charge in [-0.25, -0.2) is 4.52 Å². The highest BCUT2D eigenvalue weighted by atomic mass is 16.5. The Morgan fingerprint density at radius 1 is 0.900 bits per heavy atom. The van der Waals surface area contributed by atoms with Gasteiger partial charge in [0.25, 0.3) is 0 Å². The molecule has 0 saturated heterocycles. The van der Waals surface area contributed by atoms with Crippen molar-refractivity contribution in [3.05, 3.63) is 67.1 Å². The lowest BCUT2D eigenvalue weighted by Gasteiger charge is -2.08. The molecule has 0 fully saturated rings. The number of pyridine rings is 1. The zero-order valence-corrected chi connectivity index (χ0v) is 16.4. The molecule has 8 heteroatoms. The Balaban J connectivity index is 1.55. The molecule has 3 aromatic heterocycles. The molecule has 2 aromatic carbocycles. The third-order valence-corrected chi connectivity index (χ3v) is 4.74. The Hall–Kier alpha value is -4.20. The van der Waals surface area contributed by atoms with Gasteiger partial charge < -0.3 is 14.8 Å². The molecule has 5 rings (SSSR count). The maximum absolute atomic E-state index is 5.32. The first-order valence-corrected chi connectivity index (χ1v) is 9.30. The highest BCUT2D eigenvalue weighted by Crippen LogP contribution is 2.29. The van der Waals surface area contributed by atoms with Crippen LogP contribution in [-0.2, 0) is 0 Å². The topological polar surface area (TPSA) is 86.5 Å². The second-order valence-electron chi connectivity index (χ2n) is 6.62. The Morgan fingerprint density at radius 3 is 2.53 bits per heavy atom. The summed E-state index contributed by atoms with van der Waals surface area (Å²) in [5, 5.41) is 8.81. The third-order valence-electron chi connectivity index (χ3n) is 4.74. The number of hydrogen-bond acceptors (Lipinski definition) is 7. The van der Waals surface area contributed by atoms with Gasteiger partial charge in [-0.15, -0.1) is 5.10 Å². The van der Waals surface area contributed by atoms with E-state index in [1.807, 2.05) is 42.5 Å². The van der Waals surface area contributed by atoms with Crippen LogP contribution in [0.3, 0.4) is 0 Å². The zero-order chi connectivity index (χ0) is 20.5. The van der Waals surface area contributed by atoms with Crippen LogP contribution in [0.4, 0.5) is 11.6 Å². The number of nitrogens with one attached hydrogen (secondary N) is 1.